The van der Waals surface area contributed by atoms with Gasteiger partial charge in [0.05, 0.1) is 5.92 Å². The number of carbonyl (C=O) groups is 2. The first-order chi connectivity index (χ1) is 12.4. The summed E-state index contributed by atoms with van der Waals surface area (Å²) in [5.41, 5.74) is 3.46. The van der Waals surface area contributed by atoms with E-state index in [2.05, 4.69) is 4.74 Å². The third-order valence-corrected chi connectivity index (χ3v) is 4.60. The summed E-state index contributed by atoms with van der Waals surface area (Å²) in [5, 5.41) is 0. The Morgan fingerprint density at radius 1 is 0.962 bits per heavy atom. The molecular formula is C21H18F2O3. The molecule has 2 aromatic carbocycles. The van der Waals surface area contributed by atoms with Crippen molar-refractivity contribution in [3.05, 3.63) is 65.2 Å². The van der Waals surface area contributed by atoms with Crippen LogP contribution < -0.4 is 4.74 Å². The van der Waals surface area contributed by atoms with Crippen molar-refractivity contribution in [3.8, 4) is 5.75 Å². The van der Waals surface area contributed by atoms with Crippen LogP contribution in [0.4, 0.5) is 8.78 Å². The molecule has 0 aromatic heterocycles. The van der Waals surface area contributed by atoms with Gasteiger partial charge in [-0.05, 0) is 48.2 Å². The third-order valence-electron chi connectivity index (χ3n) is 4.60. The van der Waals surface area contributed by atoms with Gasteiger partial charge in [0.15, 0.2) is 0 Å². The van der Waals surface area contributed by atoms with Crippen LogP contribution in [0.25, 0.3) is 11.6 Å². The summed E-state index contributed by atoms with van der Waals surface area (Å²) in [6.45, 7) is -0.0441. The second kappa shape index (κ2) is 7.20. The van der Waals surface area contributed by atoms with E-state index in [1.165, 1.54) is 26.0 Å². The lowest BCUT2D eigenvalue weighted by Crippen LogP contribution is -2.27. The minimum absolute atomic E-state index is 0.0612. The number of carbonyl (C=O) groups excluding carboxylic acids is 2. The molecule has 1 aliphatic carbocycles. The Morgan fingerprint density at radius 2 is 1.58 bits per heavy atom. The van der Waals surface area contributed by atoms with Gasteiger partial charge < -0.3 is 4.74 Å². The molecule has 5 heteroatoms. The monoisotopic (exact) mass is 356 g/mol. The van der Waals surface area contributed by atoms with Crippen LogP contribution in [-0.2, 0) is 9.59 Å². The SMILES string of the molecule is CC(=O)C(C(C)=O)C1C(c2ccc(OC(F)F)cc2)=Cc2ccccc21. The summed E-state index contributed by atoms with van der Waals surface area (Å²) in [4.78, 5) is 24.4. The van der Waals surface area contributed by atoms with Gasteiger partial charge in [-0.15, -0.1) is 0 Å². The molecule has 0 fully saturated rings. The Balaban J connectivity index is 2.04. The number of halogens is 2. The lowest BCUT2D eigenvalue weighted by molar-refractivity contribution is -0.130. The molecule has 0 aliphatic heterocycles. The largest absolute Gasteiger partial charge is 0.435 e. The van der Waals surface area contributed by atoms with Crippen LogP contribution in [-0.4, -0.2) is 18.2 Å². The minimum atomic E-state index is -2.89. The highest BCUT2D eigenvalue weighted by molar-refractivity contribution is 6.06. The summed E-state index contributed by atoms with van der Waals surface area (Å²) >= 11 is 0. The van der Waals surface area contributed by atoms with Crippen molar-refractivity contribution in [2.24, 2.45) is 5.92 Å². The van der Waals surface area contributed by atoms with Gasteiger partial charge >= 0.3 is 6.61 Å². The maximum Gasteiger partial charge on any atom is 0.387 e. The van der Waals surface area contributed by atoms with Crippen LogP contribution in [0, 0.1) is 5.92 Å². The highest BCUT2D eigenvalue weighted by atomic mass is 19.3. The number of benzene rings is 2. The zero-order valence-corrected chi connectivity index (χ0v) is 14.4. The van der Waals surface area contributed by atoms with Gasteiger partial charge in [-0.25, -0.2) is 0 Å². The highest BCUT2D eigenvalue weighted by Crippen LogP contribution is 2.46. The Labute approximate surface area is 150 Å². The Kier molecular flexibility index (Phi) is 4.98. The average Bonchev–Trinajstić information content (AvgIpc) is 2.94. The van der Waals surface area contributed by atoms with E-state index >= 15 is 0 Å². The quantitative estimate of drug-likeness (QED) is 0.704. The van der Waals surface area contributed by atoms with E-state index in [-0.39, 0.29) is 23.2 Å². The fourth-order valence-electron chi connectivity index (χ4n) is 3.56. The first-order valence-corrected chi connectivity index (χ1v) is 8.25. The second-order valence-corrected chi connectivity index (χ2v) is 6.31. The summed E-state index contributed by atoms with van der Waals surface area (Å²) in [7, 11) is 0. The summed E-state index contributed by atoms with van der Waals surface area (Å²) in [6, 6.07) is 13.9. The molecule has 134 valence electrons. The third kappa shape index (κ3) is 3.43. The molecule has 0 saturated heterocycles. The van der Waals surface area contributed by atoms with E-state index in [0.29, 0.717) is 0 Å². The number of ketones is 2. The normalized spacial score (nSPS) is 15.8. The number of rotatable bonds is 6. The van der Waals surface area contributed by atoms with Gasteiger partial charge in [-0.1, -0.05) is 42.5 Å². The van der Waals surface area contributed by atoms with Crippen molar-refractivity contribution < 1.29 is 23.1 Å². The molecule has 0 saturated carbocycles. The van der Waals surface area contributed by atoms with Crippen molar-refractivity contribution in [3.63, 3.8) is 0 Å². The van der Waals surface area contributed by atoms with E-state index in [4.69, 9.17) is 0 Å². The van der Waals surface area contributed by atoms with Crippen molar-refractivity contribution in [2.75, 3.05) is 0 Å². The predicted octanol–water partition coefficient (Wildman–Crippen LogP) is 4.72. The maximum atomic E-state index is 12.3. The molecule has 1 unspecified atom stereocenters. The molecule has 0 amide bonds. The molecule has 1 aliphatic rings. The second-order valence-electron chi connectivity index (χ2n) is 6.31. The van der Waals surface area contributed by atoms with E-state index in [1.54, 1.807) is 12.1 Å². The Bertz CT molecular complexity index is 855. The average molecular weight is 356 g/mol. The molecular weight excluding hydrogens is 338 g/mol. The number of alkyl halides is 2. The fourth-order valence-corrected chi connectivity index (χ4v) is 3.56. The molecule has 2 aromatic rings. The Morgan fingerprint density at radius 3 is 2.15 bits per heavy atom. The van der Waals surface area contributed by atoms with E-state index in [0.717, 1.165) is 22.3 Å². The number of hydrogen-bond acceptors (Lipinski definition) is 3. The maximum absolute atomic E-state index is 12.3. The fraction of sp³-hybridized carbons (Fsp3) is 0.238. The van der Waals surface area contributed by atoms with Crippen molar-refractivity contribution in [2.45, 2.75) is 26.4 Å². The van der Waals surface area contributed by atoms with Gasteiger partial charge in [-0.3, -0.25) is 9.59 Å². The van der Waals surface area contributed by atoms with Crippen LogP contribution in [0.3, 0.4) is 0 Å². The molecule has 3 rings (SSSR count). The number of allylic oxidation sites excluding steroid dienone is 1. The topological polar surface area (TPSA) is 43.4 Å². The lowest BCUT2D eigenvalue weighted by atomic mass is 9.77. The van der Waals surface area contributed by atoms with E-state index in [9.17, 15) is 18.4 Å². The van der Waals surface area contributed by atoms with Crippen LogP contribution in [0.1, 0.15) is 36.5 Å². The van der Waals surface area contributed by atoms with Gasteiger partial charge in [-0.2, -0.15) is 8.78 Å². The molecule has 0 heterocycles. The Hall–Kier alpha value is -2.82. The van der Waals surface area contributed by atoms with Gasteiger partial charge in [0.1, 0.15) is 17.3 Å². The zero-order valence-electron chi connectivity index (χ0n) is 14.4. The van der Waals surface area contributed by atoms with Crippen molar-refractivity contribution in [1.29, 1.82) is 0 Å². The summed E-state index contributed by atoms with van der Waals surface area (Å²) in [5.74, 6) is -1.48. The molecule has 3 nitrogen and oxygen atoms in total. The van der Waals surface area contributed by atoms with Crippen LogP contribution >= 0.6 is 0 Å². The number of hydrogen-bond donors (Lipinski definition) is 0. The lowest BCUT2D eigenvalue weighted by Gasteiger charge is -2.23. The molecule has 0 spiro atoms. The van der Waals surface area contributed by atoms with E-state index < -0.39 is 12.5 Å². The van der Waals surface area contributed by atoms with Crippen LogP contribution in [0.5, 0.6) is 5.75 Å². The highest BCUT2D eigenvalue weighted by Gasteiger charge is 2.37. The van der Waals surface area contributed by atoms with Crippen LogP contribution in [0.2, 0.25) is 0 Å². The van der Waals surface area contributed by atoms with Gasteiger partial charge in [0, 0.05) is 5.92 Å². The predicted molar refractivity (Wildman–Crippen MR) is 95.0 cm³/mol. The molecule has 0 radical (unpaired) electrons. The van der Waals surface area contributed by atoms with Crippen molar-refractivity contribution in [1.82, 2.24) is 0 Å². The smallest absolute Gasteiger partial charge is 0.387 e. The number of fused-ring (bicyclic) bond motifs is 1. The summed E-state index contributed by atoms with van der Waals surface area (Å²) < 4.78 is 29.1. The van der Waals surface area contributed by atoms with E-state index in [1.807, 2.05) is 30.3 Å². The van der Waals surface area contributed by atoms with Gasteiger partial charge in [0.25, 0.3) is 0 Å². The zero-order chi connectivity index (χ0) is 18.8. The molecule has 26 heavy (non-hydrogen) atoms. The number of ether oxygens (including phenoxy) is 1. The molecule has 0 bridgehead atoms. The first-order valence-electron chi connectivity index (χ1n) is 8.25. The van der Waals surface area contributed by atoms with Crippen LogP contribution in [0.15, 0.2) is 48.5 Å². The molecule has 0 N–H and O–H groups in total. The molecule has 1 atom stereocenters. The van der Waals surface area contributed by atoms with Crippen molar-refractivity contribution >= 4 is 23.2 Å². The standard InChI is InChI=1S/C21H18F2O3/c1-12(24)19(13(2)25)20-17-6-4-3-5-15(17)11-18(20)14-7-9-16(10-8-14)26-21(22)23/h3-11,19-21H,1-2H3. The first kappa shape index (κ1) is 18.0. The van der Waals surface area contributed by atoms with Gasteiger partial charge in [0.2, 0.25) is 0 Å². The summed E-state index contributed by atoms with van der Waals surface area (Å²) in [6.07, 6.45) is 1.95. The number of Topliss-reactive ketones (excluding diaryl/α,β-unsaturated/α-hetero) is 2. The minimum Gasteiger partial charge on any atom is -0.435 e.